The Morgan fingerprint density at radius 1 is 1.23 bits per heavy atom. The lowest BCUT2D eigenvalue weighted by atomic mass is 10.1. The SMILES string of the molecule is Cn1cc(CN2CCN(C3CCCC3)C(=O)C2)c(-c2cccc(Cl)c2)n1. The Kier molecular flexibility index (Phi) is 5.00. The van der Waals surface area contributed by atoms with Crippen molar-refractivity contribution in [3.63, 3.8) is 0 Å². The summed E-state index contributed by atoms with van der Waals surface area (Å²) in [6.07, 6.45) is 6.91. The van der Waals surface area contributed by atoms with Crippen molar-refractivity contribution >= 4 is 17.5 Å². The maximum atomic E-state index is 12.6. The summed E-state index contributed by atoms with van der Waals surface area (Å²) < 4.78 is 1.84. The van der Waals surface area contributed by atoms with Crippen molar-refractivity contribution in [2.45, 2.75) is 38.3 Å². The fraction of sp³-hybridized carbons (Fsp3) is 0.500. The Bertz CT molecular complexity index is 797. The number of piperazine rings is 1. The van der Waals surface area contributed by atoms with Gasteiger partial charge in [-0.3, -0.25) is 14.4 Å². The number of nitrogens with zero attached hydrogens (tertiary/aromatic N) is 4. The number of aryl methyl sites for hydroxylation is 1. The molecule has 2 heterocycles. The van der Waals surface area contributed by atoms with Gasteiger partial charge in [0.15, 0.2) is 0 Å². The zero-order valence-corrected chi connectivity index (χ0v) is 16.0. The van der Waals surface area contributed by atoms with Gasteiger partial charge in [0.1, 0.15) is 0 Å². The van der Waals surface area contributed by atoms with Crippen molar-refractivity contribution < 1.29 is 4.79 Å². The van der Waals surface area contributed by atoms with Gasteiger partial charge in [-0.15, -0.1) is 0 Å². The minimum Gasteiger partial charge on any atom is -0.337 e. The number of benzene rings is 1. The summed E-state index contributed by atoms with van der Waals surface area (Å²) in [6.45, 7) is 3.00. The molecular weight excluding hydrogens is 348 g/mol. The summed E-state index contributed by atoms with van der Waals surface area (Å²) in [6, 6.07) is 8.26. The van der Waals surface area contributed by atoms with E-state index in [1.807, 2.05) is 42.2 Å². The zero-order valence-electron chi connectivity index (χ0n) is 15.2. The summed E-state index contributed by atoms with van der Waals surface area (Å²) >= 11 is 6.15. The van der Waals surface area contributed by atoms with E-state index < -0.39 is 0 Å². The van der Waals surface area contributed by atoms with Crippen LogP contribution in [-0.4, -0.2) is 51.2 Å². The largest absolute Gasteiger partial charge is 0.337 e. The fourth-order valence-electron chi connectivity index (χ4n) is 4.25. The molecule has 0 unspecified atom stereocenters. The highest BCUT2D eigenvalue weighted by Crippen LogP contribution is 2.28. The van der Waals surface area contributed by atoms with Crippen LogP contribution in [0.1, 0.15) is 31.2 Å². The van der Waals surface area contributed by atoms with Crippen LogP contribution in [0.15, 0.2) is 30.5 Å². The van der Waals surface area contributed by atoms with Crippen LogP contribution in [-0.2, 0) is 18.4 Å². The second-order valence-electron chi connectivity index (χ2n) is 7.42. The van der Waals surface area contributed by atoms with Gasteiger partial charge in [0.2, 0.25) is 5.91 Å². The van der Waals surface area contributed by atoms with Crippen molar-refractivity contribution in [1.29, 1.82) is 0 Å². The van der Waals surface area contributed by atoms with Gasteiger partial charge in [0.05, 0.1) is 12.2 Å². The number of amides is 1. The Labute approximate surface area is 159 Å². The number of carbonyl (C=O) groups is 1. The van der Waals surface area contributed by atoms with E-state index in [0.29, 0.717) is 17.6 Å². The van der Waals surface area contributed by atoms with Crippen molar-refractivity contribution in [3.05, 3.63) is 41.0 Å². The topological polar surface area (TPSA) is 41.4 Å². The first-order chi connectivity index (χ1) is 12.6. The van der Waals surface area contributed by atoms with Gasteiger partial charge in [-0.05, 0) is 25.0 Å². The van der Waals surface area contributed by atoms with Crippen LogP contribution in [0.25, 0.3) is 11.3 Å². The lowest BCUT2D eigenvalue weighted by molar-refractivity contribution is -0.138. The summed E-state index contributed by atoms with van der Waals surface area (Å²) in [5, 5.41) is 5.33. The third-order valence-corrected chi connectivity index (χ3v) is 5.73. The Balaban J connectivity index is 1.47. The summed E-state index contributed by atoms with van der Waals surface area (Å²) in [7, 11) is 1.93. The molecule has 1 aromatic heterocycles. The molecule has 26 heavy (non-hydrogen) atoms. The standard InChI is InChI=1S/C20H25ClN4O/c1-23-12-16(20(22-23)15-5-4-6-17(21)11-15)13-24-9-10-25(19(26)14-24)18-7-2-3-8-18/h4-6,11-12,18H,2-3,7-10,13-14H2,1H3. The Morgan fingerprint density at radius 3 is 2.77 bits per heavy atom. The first kappa shape index (κ1) is 17.6. The summed E-state index contributed by atoms with van der Waals surface area (Å²) in [5.74, 6) is 0.274. The molecule has 6 heteroatoms. The molecule has 1 saturated heterocycles. The van der Waals surface area contributed by atoms with Crippen LogP contribution in [0.2, 0.25) is 5.02 Å². The number of hydrogen-bond acceptors (Lipinski definition) is 3. The van der Waals surface area contributed by atoms with Crippen LogP contribution in [0, 0.1) is 0 Å². The van der Waals surface area contributed by atoms with E-state index in [1.54, 1.807) is 0 Å². The molecule has 1 amide bonds. The highest BCUT2D eigenvalue weighted by molar-refractivity contribution is 6.30. The van der Waals surface area contributed by atoms with E-state index in [0.717, 1.165) is 36.5 Å². The van der Waals surface area contributed by atoms with Crippen LogP contribution in [0.3, 0.4) is 0 Å². The number of halogens is 1. The van der Waals surface area contributed by atoms with Crippen LogP contribution in [0.4, 0.5) is 0 Å². The van der Waals surface area contributed by atoms with Gasteiger partial charge in [0.25, 0.3) is 0 Å². The molecule has 138 valence electrons. The van der Waals surface area contributed by atoms with Gasteiger partial charge < -0.3 is 4.90 Å². The second-order valence-corrected chi connectivity index (χ2v) is 7.86. The molecule has 2 aromatic rings. The van der Waals surface area contributed by atoms with Crippen molar-refractivity contribution in [2.75, 3.05) is 19.6 Å². The van der Waals surface area contributed by atoms with Crippen molar-refractivity contribution in [2.24, 2.45) is 7.05 Å². The zero-order chi connectivity index (χ0) is 18.1. The van der Waals surface area contributed by atoms with Crippen LogP contribution in [0.5, 0.6) is 0 Å². The molecular formula is C20H25ClN4O. The molecule has 0 atom stereocenters. The summed E-state index contributed by atoms with van der Waals surface area (Å²) in [4.78, 5) is 17.0. The maximum absolute atomic E-state index is 12.6. The Hall–Kier alpha value is -1.85. The molecule has 0 N–H and O–H groups in total. The van der Waals surface area contributed by atoms with Crippen molar-refractivity contribution in [1.82, 2.24) is 19.6 Å². The number of aromatic nitrogens is 2. The third-order valence-electron chi connectivity index (χ3n) is 5.50. The molecule has 1 saturated carbocycles. The highest BCUT2D eigenvalue weighted by Gasteiger charge is 2.31. The number of carbonyl (C=O) groups excluding carboxylic acids is 1. The molecule has 2 fully saturated rings. The van der Waals surface area contributed by atoms with E-state index >= 15 is 0 Å². The fourth-order valence-corrected chi connectivity index (χ4v) is 4.44. The summed E-state index contributed by atoms with van der Waals surface area (Å²) in [5.41, 5.74) is 3.10. The third kappa shape index (κ3) is 3.64. The predicted octanol–water partition coefficient (Wildman–Crippen LogP) is 3.33. The molecule has 5 nitrogen and oxygen atoms in total. The van der Waals surface area contributed by atoms with E-state index in [9.17, 15) is 4.79 Å². The predicted molar refractivity (Wildman–Crippen MR) is 103 cm³/mol. The lowest BCUT2D eigenvalue weighted by Crippen LogP contribution is -2.53. The van der Waals surface area contributed by atoms with Gasteiger partial charge in [0, 0.05) is 55.1 Å². The average molecular weight is 373 g/mol. The first-order valence-electron chi connectivity index (χ1n) is 9.40. The van der Waals surface area contributed by atoms with E-state index in [2.05, 4.69) is 14.9 Å². The highest BCUT2D eigenvalue weighted by atomic mass is 35.5. The van der Waals surface area contributed by atoms with E-state index in [-0.39, 0.29) is 5.91 Å². The Morgan fingerprint density at radius 2 is 2.04 bits per heavy atom. The number of rotatable bonds is 4. The van der Waals surface area contributed by atoms with Crippen LogP contribution < -0.4 is 0 Å². The van der Waals surface area contributed by atoms with Gasteiger partial charge in [-0.1, -0.05) is 36.6 Å². The van der Waals surface area contributed by atoms with E-state index in [4.69, 9.17) is 11.6 Å². The molecule has 2 aliphatic rings. The maximum Gasteiger partial charge on any atom is 0.237 e. The van der Waals surface area contributed by atoms with Crippen LogP contribution >= 0.6 is 11.6 Å². The van der Waals surface area contributed by atoms with Crippen molar-refractivity contribution in [3.8, 4) is 11.3 Å². The van der Waals surface area contributed by atoms with E-state index in [1.165, 1.54) is 25.7 Å². The molecule has 1 aliphatic carbocycles. The molecule has 1 aliphatic heterocycles. The smallest absolute Gasteiger partial charge is 0.237 e. The first-order valence-corrected chi connectivity index (χ1v) is 9.78. The molecule has 1 aromatic carbocycles. The monoisotopic (exact) mass is 372 g/mol. The normalized spacial score (nSPS) is 19.5. The molecule has 4 rings (SSSR count). The molecule has 0 spiro atoms. The molecule has 0 bridgehead atoms. The van der Waals surface area contributed by atoms with Gasteiger partial charge in [-0.2, -0.15) is 5.10 Å². The minimum absolute atomic E-state index is 0.274. The number of hydrogen-bond donors (Lipinski definition) is 0. The quantitative estimate of drug-likeness (QED) is 0.826. The lowest BCUT2D eigenvalue weighted by Gasteiger charge is -2.37. The average Bonchev–Trinajstić information content (AvgIpc) is 3.25. The van der Waals surface area contributed by atoms with Gasteiger partial charge in [-0.25, -0.2) is 0 Å². The second kappa shape index (κ2) is 7.41. The van der Waals surface area contributed by atoms with Gasteiger partial charge >= 0.3 is 0 Å². The minimum atomic E-state index is 0.274. The molecule has 0 radical (unpaired) electrons.